The van der Waals surface area contributed by atoms with Gasteiger partial charge in [-0.1, -0.05) is 17.4 Å². The molecule has 0 spiro atoms. The summed E-state index contributed by atoms with van der Waals surface area (Å²) in [6.45, 7) is 1.58. The summed E-state index contributed by atoms with van der Waals surface area (Å²) in [5.41, 5.74) is 3.26. The highest BCUT2D eigenvalue weighted by Crippen LogP contribution is 2.24. The average molecular weight is 403 g/mol. The maximum atomic E-state index is 13.3. The van der Waals surface area contributed by atoms with E-state index in [1.54, 1.807) is 24.4 Å². The Morgan fingerprint density at radius 2 is 2.04 bits per heavy atom. The number of anilines is 1. The van der Waals surface area contributed by atoms with Gasteiger partial charge >= 0.3 is 0 Å². The molecule has 0 aliphatic carbocycles. The molecule has 0 radical (unpaired) electrons. The first-order chi connectivity index (χ1) is 12.2. The predicted octanol–water partition coefficient (Wildman–Crippen LogP) is 2.65. The highest BCUT2D eigenvalue weighted by molar-refractivity contribution is 9.10. The molecule has 1 aliphatic rings. The number of hydrogen-bond acceptors (Lipinski definition) is 4. The zero-order valence-electron chi connectivity index (χ0n) is 13.4. The number of nitrogens with zero attached hydrogens (tertiary/aromatic N) is 3. The van der Waals surface area contributed by atoms with Crippen molar-refractivity contribution in [2.24, 2.45) is 0 Å². The number of quaternary nitrogens is 1. The van der Waals surface area contributed by atoms with Crippen molar-refractivity contribution in [1.29, 1.82) is 0 Å². The SMILES string of the molecule is [O-][NH2+]c1cccnc1N1CCC(=CC#Cc2ccnc(F)c2Br)CC1. The third-order valence-corrected chi connectivity index (χ3v) is 4.73. The Kier molecular flexibility index (Phi) is 5.76. The molecule has 3 heterocycles. The predicted molar refractivity (Wildman–Crippen MR) is 97.5 cm³/mol. The lowest BCUT2D eigenvalue weighted by Crippen LogP contribution is -2.70. The Bertz CT molecular complexity index is 850. The highest BCUT2D eigenvalue weighted by Gasteiger charge is 2.18. The largest absolute Gasteiger partial charge is 0.630 e. The van der Waals surface area contributed by atoms with Gasteiger partial charge in [0.2, 0.25) is 5.95 Å². The standard InChI is InChI=1S/C18H16BrFN4O/c19-16-14(6-10-21-17(16)20)4-1-3-13-7-11-24(12-8-13)18-15(23-25)5-2-9-22-18/h2-3,5-6,9-10H,7-8,11-12,23H2. The fourth-order valence-electron chi connectivity index (χ4n) is 2.65. The van der Waals surface area contributed by atoms with E-state index in [9.17, 15) is 9.60 Å². The summed E-state index contributed by atoms with van der Waals surface area (Å²) in [7, 11) is 0. The molecule has 3 rings (SSSR count). The van der Waals surface area contributed by atoms with Gasteiger partial charge in [0.1, 0.15) is 0 Å². The second-order valence-corrected chi connectivity index (χ2v) is 6.35. The van der Waals surface area contributed by atoms with Crippen LogP contribution in [0.5, 0.6) is 0 Å². The quantitative estimate of drug-likeness (QED) is 0.476. The number of allylic oxidation sites excluding steroid dienone is 1. The summed E-state index contributed by atoms with van der Waals surface area (Å²) in [6, 6.07) is 5.21. The molecule has 0 bridgehead atoms. The zero-order valence-corrected chi connectivity index (χ0v) is 15.0. The zero-order chi connectivity index (χ0) is 17.6. The van der Waals surface area contributed by atoms with Crippen LogP contribution in [0.15, 0.2) is 46.7 Å². The van der Waals surface area contributed by atoms with Crippen molar-refractivity contribution in [3.8, 4) is 11.8 Å². The van der Waals surface area contributed by atoms with Gasteiger partial charge < -0.3 is 15.6 Å². The van der Waals surface area contributed by atoms with Gasteiger partial charge in [-0.25, -0.2) is 9.97 Å². The van der Waals surface area contributed by atoms with E-state index in [-0.39, 0.29) is 4.47 Å². The third kappa shape index (κ3) is 4.23. The minimum Gasteiger partial charge on any atom is -0.630 e. The molecular weight excluding hydrogens is 387 g/mol. The van der Waals surface area contributed by atoms with Crippen LogP contribution in [0.1, 0.15) is 18.4 Å². The first-order valence-corrected chi connectivity index (χ1v) is 8.63. The lowest BCUT2D eigenvalue weighted by Gasteiger charge is -2.29. The molecule has 0 unspecified atom stereocenters. The van der Waals surface area contributed by atoms with Gasteiger partial charge in [0.15, 0.2) is 11.5 Å². The van der Waals surface area contributed by atoms with Gasteiger partial charge in [-0.3, -0.25) is 0 Å². The summed E-state index contributed by atoms with van der Waals surface area (Å²) in [5.74, 6) is 6.10. The summed E-state index contributed by atoms with van der Waals surface area (Å²) in [4.78, 5) is 9.99. The Morgan fingerprint density at radius 1 is 1.24 bits per heavy atom. The second-order valence-electron chi connectivity index (χ2n) is 5.56. The molecule has 1 saturated heterocycles. The molecule has 1 fully saturated rings. The van der Waals surface area contributed by atoms with E-state index in [0.717, 1.165) is 37.2 Å². The van der Waals surface area contributed by atoms with Crippen molar-refractivity contribution >= 4 is 27.4 Å². The van der Waals surface area contributed by atoms with Crippen molar-refractivity contribution < 1.29 is 9.87 Å². The summed E-state index contributed by atoms with van der Waals surface area (Å²) >= 11 is 3.15. The molecule has 2 N–H and O–H groups in total. The van der Waals surface area contributed by atoms with Crippen LogP contribution in [-0.2, 0) is 0 Å². The Morgan fingerprint density at radius 3 is 2.80 bits per heavy atom. The minimum atomic E-state index is -0.561. The summed E-state index contributed by atoms with van der Waals surface area (Å²) in [6.07, 6.45) is 6.70. The lowest BCUT2D eigenvalue weighted by atomic mass is 10.0. The molecule has 0 aromatic carbocycles. The average Bonchev–Trinajstić information content (AvgIpc) is 2.66. The van der Waals surface area contributed by atoms with Crippen LogP contribution in [-0.4, -0.2) is 23.1 Å². The Hall–Kier alpha value is -2.27. The summed E-state index contributed by atoms with van der Waals surface area (Å²) < 4.78 is 13.6. The smallest absolute Gasteiger partial charge is 0.228 e. The van der Waals surface area contributed by atoms with Crippen LogP contribution in [0.25, 0.3) is 0 Å². The Labute approximate surface area is 153 Å². The van der Waals surface area contributed by atoms with Crippen molar-refractivity contribution in [1.82, 2.24) is 9.97 Å². The number of hydrogen-bond donors (Lipinski definition) is 1. The van der Waals surface area contributed by atoms with E-state index >= 15 is 0 Å². The maximum absolute atomic E-state index is 13.3. The van der Waals surface area contributed by atoms with Crippen molar-refractivity contribution in [2.45, 2.75) is 12.8 Å². The van der Waals surface area contributed by atoms with E-state index in [1.165, 1.54) is 11.8 Å². The lowest BCUT2D eigenvalue weighted by molar-refractivity contribution is -0.496. The second kappa shape index (κ2) is 8.21. The van der Waals surface area contributed by atoms with Gasteiger partial charge in [0, 0.05) is 37.1 Å². The third-order valence-electron chi connectivity index (χ3n) is 3.98. The number of pyridine rings is 2. The van der Waals surface area contributed by atoms with E-state index in [0.29, 0.717) is 11.3 Å². The first kappa shape index (κ1) is 17.5. The molecule has 25 heavy (non-hydrogen) atoms. The molecular formula is C18H16BrFN4O. The van der Waals surface area contributed by atoms with Crippen LogP contribution < -0.4 is 10.4 Å². The van der Waals surface area contributed by atoms with E-state index in [2.05, 4.69) is 42.6 Å². The van der Waals surface area contributed by atoms with Crippen LogP contribution in [0, 0.1) is 23.0 Å². The molecule has 5 nitrogen and oxygen atoms in total. The van der Waals surface area contributed by atoms with Gasteiger partial charge in [0.05, 0.1) is 4.47 Å². The van der Waals surface area contributed by atoms with Crippen LogP contribution in [0.3, 0.4) is 0 Å². The molecule has 0 atom stereocenters. The molecule has 128 valence electrons. The number of piperidine rings is 1. The molecule has 2 aromatic heterocycles. The molecule has 2 aromatic rings. The van der Waals surface area contributed by atoms with Gasteiger partial charge in [-0.05, 0) is 47.0 Å². The van der Waals surface area contributed by atoms with Crippen LogP contribution >= 0.6 is 15.9 Å². The molecule has 0 amide bonds. The fraction of sp³-hybridized carbons (Fsp3) is 0.222. The maximum Gasteiger partial charge on any atom is 0.228 e. The fourth-order valence-corrected chi connectivity index (χ4v) is 2.98. The summed E-state index contributed by atoms with van der Waals surface area (Å²) in [5, 5.41) is 11.1. The normalized spacial score (nSPS) is 14.0. The van der Waals surface area contributed by atoms with Gasteiger partial charge in [-0.15, -0.1) is 0 Å². The van der Waals surface area contributed by atoms with Gasteiger partial charge in [0.25, 0.3) is 0 Å². The number of halogens is 2. The topological polar surface area (TPSA) is 68.7 Å². The Balaban J connectivity index is 1.66. The number of aromatic nitrogens is 2. The van der Waals surface area contributed by atoms with Gasteiger partial charge in [-0.2, -0.15) is 4.39 Å². The van der Waals surface area contributed by atoms with Crippen LogP contribution in [0.4, 0.5) is 15.9 Å². The van der Waals surface area contributed by atoms with Crippen LogP contribution in [0.2, 0.25) is 0 Å². The van der Waals surface area contributed by atoms with Crippen molar-refractivity contribution in [3.63, 3.8) is 0 Å². The molecule has 7 heteroatoms. The van der Waals surface area contributed by atoms with Crippen molar-refractivity contribution in [2.75, 3.05) is 18.0 Å². The first-order valence-electron chi connectivity index (χ1n) is 7.83. The van der Waals surface area contributed by atoms with E-state index < -0.39 is 5.95 Å². The molecule has 0 saturated carbocycles. The highest BCUT2D eigenvalue weighted by atomic mass is 79.9. The van der Waals surface area contributed by atoms with E-state index in [4.69, 9.17) is 0 Å². The molecule has 1 aliphatic heterocycles. The number of nitrogens with two attached hydrogens (primary N) is 1. The van der Waals surface area contributed by atoms with Crippen molar-refractivity contribution in [3.05, 3.63) is 63.4 Å². The monoisotopic (exact) mass is 402 g/mol. The minimum absolute atomic E-state index is 0.285. The van der Waals surface area contributed by atoms with E-state index in [1.807, 2.05) is 6.08 Å². The number of rotatable bonds is 2.